The molecule has 0 aliphatic rings. The highest BCUT2D eigenvalue weighted by Crippen LogP contribution is 2.13. The molecule has 0 saturated carbocycles. The molecule has 0 rings (SSSR count). The van der Waals surface area contributed by atoms with Crippen LogP contribution in [-0.2, 0) is 14.0 Å². The molecule has 0 aliphatic carbocycles. The number of carbonyl (C=O) groups excluding carboxylic acids is 1. The molecule has 3 nitrogen and oxygen atoms in total. The predicted molar refractivity (Wildman–Crippen MR) is 72.4 cm³/mol. The van der Waals surface area contributed by atoms with Crippen molar-refractivity contribution in [2.75, 3.05) is 19.0 Å². The molecule has 0 saturated heterocycles. The Hall–Kier alpha value is -0.103. The van der Waals surface area contributed by atoms with Gasteiger partial charge in [0, 0.05) is 12.7 Å². The van der Waals surface area contributed by atoms with Crippen molar-refractivity contribution in [2.45, 2.75) is 32.7 Å². The SMILES string of the molecule is C=CCOC[C@H](CSC(C)=O)O[Si](C)(C)C. The second-order valence-corrected chi connectivity index (χ2v) is 10.1. The van der Waals surface area contributed by atoms with Crippen LogP contribution in [0.2, 0.25) is 19.6 Å². The van der Waals surface area contributed by atoms with E-state index in [1.807, 2.05) is 0 Å². The summed E-state index contributed by atoms with van der Waals surface area (Å²) in [7, 11) is -1.58. The standard InChI is InChI=1S/C11H22O3SSi/c1-6-7-13-8-11(9-15-10(2)12)14-16(3,4)5/h6,11H,1,7-9H2,2-5H3/t11-/m1/s1. The lowest BCUT2D eigenvalue weighted by Gasteiger charge is -2.25. The molecule has 94 valence electrons. The second-order valence-electron chi connectivity index (χ2n) is 4.48. The van der Waals surface area contributed by atoms with Crippen LogP contribution in [0.25, 0.3) is 0 Å². The molecule has 5 heteroatoms. The van der Waals surface area contributed by atoms with Crippen molar-refractivity contribution in [3.8, 4) is 0 Å². The molecule has 0 aromatic heterocycles. The minimum atomic E-state index is -1.58. The molecule has 0 aromatic rings. The van der Waals surface area contributed by atoms with Gasteiger partial charge in [0.2, 0.25) is 0 Å². The van der Waals surface area contributed by atoms with Gasteiger partial charge in [-0.2, -0.15) is 0 Å². The number of rotatable bonds is 8. The summed E-state index contributed by atoms with van der Waals surface area (Å²) in [4.78, 5) is 10.9. The van der Waals surface area contributed by atoms with E-state index in [9.17, 15) is 4.79 Å². The maximum Gasteiger partial charge on any atom is 0.185 e. The first-order chi connectivity index (χ1) is 7.35. The molecule has 1 atom stereocenters. The normalized spacial score (nSPS) is 13.5. The predicted octanol–water partition coefficient (Wildman–Crippen LogP) is 2.69. The van der Waals surface area contributed by atoms with Crippen LogP contribution in [0.4, 0.5) is 0 Å². The second kappa shape index (κ2) is 8.06. The molecule has 0 unspecified atom stereocenters. The van der Waals surface area contributed by atoms with Crippen LogP contribution in [-0.4, -0.2) is 38.5 Å². The summed E-state index contributed by atoms with van der Waals surface area (Å²) in [5.41, 5.74) is 0. The molecule has 0 heterocycles. The van der Waals surface area contributed by atoms with E-state index in [1.54, 1.807) is 13.0 Å². The highest BCUT2D eigenvalue weighted by atomic mass is 32.2. The first kappa shape index (κ1) is 15.9. The van der Waals surface area contributed by atoms with Gasteiger partial charge in [-0.05, 0) is 19.6 Å². The van der Waals surface area contributed by atoms with Crippen molar-refractivity contribution < 1.29 is 14.0 Å². The van der Waals surface area contributed by atoms with Gasteiger partial charge in [-0.1, -0.05) is 17.8 Å². The van der Waals surface area contributed by atoms with Gasteiger partial charge in [-0.3, -0.25) is 4.79 Å². The van der Waals surface area contributed by atoms with E-state index in [1.165, 1.54) is 11.8 Å². The number of ether oxygens (including phenoxy) is 1. The van der Waals surface area contributed by atoms with Crippen LogP contribution >= 0.6 is 11.8 Å². The molecule has 0 fully saturated rings. The van der Waals surface area contributed by atoms with Crippen molar-refractivity contribution in [2.24, 2.45) is 0 Å². The van der Waals surface area contributed by atoms with Gasteiger partial charge in [0.15, 0.2) is 13.4 Å². The third-order valence-corrected chi connectivity index (χ3v) is 3.52. The smallest absolute Gasteiger partial charge is 0.185 e. The van der Waals surface area contributed by atoms with Crippen LogP contribution in [0, 0.1) is 0 Å². The van der Waals surface area contributed by atoms with Crippen molar-refractivity contribution in [3.05, 3.63) is 12.7 Å². The molecule has 0 N–H and O–H groups in total. The number of thioether (sulfide) groups is 1. The zero-order chi connectivity index (χ0) is 12.6. The van der Waals surface area contributed by atoms with Gasteiger partial charge < -0.3 is 9.16 Å². The number of hydrogen-bond acceptors (Lipinski definition) is 4. The van der Waals surface area contributed by atoms with E-state index in [2.05, 4.69) is 26.2 Å². The first-order valence-corrected chi connectivity index (χ1v) is 9.74. The van der Waals surface area contributed by atoms with Gasteiger partial charge in [0.25, 0.3) is 0 Å². The fourth-order valence-corrected chi connectivity index (χ4v) is 2.97. The molecular weight excluding hydrogens is 240 g/mol. The van der Waals surface area contributed by atoms with E-state index in [0.29, 0.717) is 19.0 Å². The Labute approximate surface area is 104 Å². The minimum Gasteiger partial charge on any atom is -0.412 e. The number of hydrogen-bond donors (Lipinski definition) is 0. The zero-order valence-electron chi connectivity index (χ0n) is 10.6. The van der Waals surface area contributed by atoms with Crippen molar-refractivity contribution in [1.82, 2.24) is 0 Å². The van der Waals surface area contributed by atoms with E-state index < -0.39 is 8.32 Å². The summed E-state index contributed by atoms with van der Waals surface area (Å²) in [6.07, 6.45) is 1.71. The quantitative estimate of drug-likeness (QED) is 0.383. The van der Waals surface area contributed by atoms with Crippen LogP contribution in [0.3, 0.4) is 0 Å². The summed E-state index contributed by atoms with van der Waals surface area (Å²) in [6.45, 7) is 12.6. The molecule has 0 amide bonds. The third-order valence-electron chi connectivity index (χ3n) is 1.53. The largest absolute Gasteiger partial charge is 0.412 e. The van der Waals surface area contributed by atoms with Gasteiger partial charge in [0.1, 0.15) is 0 Å². The molecular formula is C11H22O3SSi. The van der Waals surface area contributed by atoms with Gasteiger partial charge >= 0.3 is 0 Å². The summed E-state index contributed by atoms with van der Waals surface area (Å²) < 4.78 is 11.3. The van der Waals surface area contributed by atoms with Gasteiger partial charge in [-0.25, -0.2) is 0 Å². The molecule has 16 heavy (non-hydrogen) atoms. The van der Waals surface area contributed by atoms with E-state index in [4.69, 9.17) is 9.16 Å². The monoisotopic (exact) mass is 262 g/mol. The Kier molecular flexibility index (Phi) is 8.00. The van der Waals surface area contributed by atoms with Crippen molar-refractivity contribution in [3.63, 3.8) is 0 Å². The topological polar surface area (TPSA) is 35.5 Å². The van der Waals surface area contributed by atoms with Crippen LogP contribution in [0.1, 0.15) is 6.92 Å². The maximum atomic E-state index is 10.9. The zero-order valence-corrected chi connectivity index (χ0v) is 12.4. The summed E-state index contributed by atoms with van der Waals surface area (Å²) in [5.74, 6) is 0.663. The van der Waals surface area contributed by atoms with Crippen LogP contribution in [0.5, 0.6) is 0 Å². The highest BCUT2D eigenvalue weighted by molar-refractivity contribution is 8.13. The maximum absolute atomic E-state index is 10.9. The third kappa shape index (κ3) is 10.4. The summed E-state index contributed by atoms with van der Waals surface area (Å²) in [6, 6.07) is 0. The molecule has 0 spiro atoms. The molecule has 0 radical (unpaired) electrons. The molecule has 0 aliphatic heterocycles. The molecule has 0 bridgehead atoms. The Morgan fingerprint density at radius 3 is 2.56 bits per heavy atom. The van der Waals surface area contributed by atoms with E-state index in [-0.39, 0.29) is 11.2 Å². The summed E-state index contributed by atoms with van der Waals surface area (Å²) >= 11 is 1.29. The fourth-order valence-electron chi connectivity index (χ4n) is 1.11. The van der Waals surface area contributed by atoms with Gasteiger partial charge in [0.05, 0.1) is 19.3 Å². The summed E-state index contributed by atoms with van der Waals surface area (Å²) in [5, 5.41) is 0.118. The average Bonchev–Trinajstić information content (AvgIpc) is 2.12. The van der Waals surface area contributed by atoms with Crippen molar-refractivity contribution in [1.29, 1.82) is 0 Å². The Morgan fingerprint density at radius 1 is 1.50 bits per heavy atom. The lowest BCUT2D eigenvalue weighted by molar-refractivity contribution is -0.109. The fraction of sp³-hybridized carbons (Fsp3) is 0.727. The Morgan fingerprint density at radius 2 is 2.12 bits per heavy atom. The van der Waals surface area contributed by atoms with E-state index >= 15 is 0 Å². The first-order valence-electron chi connectivity index (χ1n) is 5.35. The van der Waals surface area contributed by atoms with Crippen LogP contribution in [0.15, 0.2) is 12.7 Å². The van der Waals surface area contributed by atoms with Crippen molar-refractivity contribution >= 4 is 25.2 Å². The average molecular weight is 262 g/mol. The molecule has 0 aromatic carbocycles. The Bertz CT molecular complexity index is 226. The minimum absolute atomic E-state index is 0.000478. The van der Waals surface area contributed by atoms with Gasteiger partial charge in [-0.15, -0.1) is 6.58 Å². The number of carbonyl (C=O) groups is 1. The lowest BCUT2D eigenvalue weighted by Crippen LogP contribution is -2.36. The lowest BCUT2D eigenvalue weighted by atomic mass is 10.4. The van der Waals surface area contributed by atoms with E-state index in [0.717, 1.165) is 0 Å². The Balaban J connectivity index is 4.04. The highest BCUT2D eigenvalue weighted by Gasteiger charge is 2.21. The van der Waals surface area contributed by atoms with Crippen LogP contribution < -0.4 is 0 Å².